The third-order valence-corrected chi connectivity index (χ3v) is 6.23. The molecule has 0 bridgehead atoms. The maximum absolute atomic E-state index is 10.4. The van der Waals surface area contributed by atoms with E-state index in [1.54, 1.807) is 0 Å². The number of aromatic hydroxyl groups is 2. The Balaban J connectivity index is 2.26. The third-order valence-electron chi connectivity index (χ3n) is 6.23. The smallest absolute Gasteiger partial charge is 0.121 e. The van der Waals surface area contributed by atoms with Gasteiger partial charge in [0.1, 0.15) is 11.5 Å². The molecule has 0 saturated carbocycles. The molecule has 0 saturated heterocycles. The van der Waals surface area contributed by atoms with Crippen LogP contribution < -0.4 is 0 Å². The third kappa shape index (κ3) is 3.52. The molecule has 0 atom stereocenters. The number of hydrogen-bond acceptors (Lipinski definition) is 2. The zero-order chi connectivity index (χ0) is 20.6. The molecule has 0 aromatic heterocycles. The summed E-state index contributed by atoms with van der Waals surface area (Å²) in [6.07, 6.45) is 0.871. The summed E-state index contributed by atoms with van der Waals surface area (Å²) in [4.78, 5) is 0. The van der Waals surface area contributed by atoms with Crippen molar-refractivity contribution in [1.82, 2.24) is 0 Å². The van der Waals surface area contributed by atoms with Crippen LogP contribution in [0.3, 0.4) is 0 Å². The number of benzene rings is 3. The van der Waals surface area contributed by atoms with Crippen molar-refractivity contribution in [2.45, 2.75) is 53.9 Å². The van der Waals surface area contributed by atoms with Crippen LogP contribution in [0.4, 0.5) is 0 Å². The van der Waals surface area contributed by atoms with Crippen LogP contribution in [0.2, 0.25) is 0 Å². The molecule has 2 heteroatoms. The van der Waals surface area contributed by atoms with E-state index in [0.29, 0.717) is 11.5 Å². The highest BCUT2D eigenvalue weighted by atomic mass is 16.3. The summed E-state index contributed by atoms with van der Waals surface area (Å²) >= 11 is 0. The quantitative estimate of drug-likeness (QED) is 0.561. The van der Waals surface area contributed by atoms with Crippen molar-refractivity contribution in [2.24, 2.45) is 0 Å². The molecule has 0 fully saturated rings. The molecule has 2 nitrogen and oxygen atoms in total. The molecule has 2 N–H and O–H groups in total. The fourth-order valence-electron chi connectivity index (χ4n) is 4.16. The summed E-state index contributed by atoms with van der Waals surface area (Å²) in [5.74, 6) is 0.919. The van der Waals surface area contributed by atoms with Gasteiger partial charge < -0.3 is 10.2 Å². The predicted molar refractivity (Wildman–Crippen MR) is 117 cm³/mol. The van der Waals surface area contributed by atoms with Crippen LogP contribution in [0, 0.1) is 41.5 Å². The van der Waals surface area contributed by atoms with Gasteiger partial charge >= 0.3 is 0 Å². The zero-order valence-electron chi connectivity index (χ0n) is 17.7. The van der Waals surface area contributed by atoms with E-state index in [9.17, 15) is 10.2 Å². The van der Waals surface area contributed by atoms with Crippen LogP contribution >= 0.6 is 0 Å². The van der Waals surface area contributed by atoms with Gasteiger partial charge in [-0.3, -0.25) is 0 Å². The lowest BCUT2D eigenvalue weighted by atomic mass is 9.79. The number of rotatable bonds is 4. The zero-order valence-corrected chi connectivity index (χ0v) is 17.7. The Hall–Kier alpha value is -2.74. The SMILES string of the molecule is Cc1cc(C(Cc2ccccc2)c2cc(C)c(O)c(C)c2C)c(C)c(C)c1O. The lowest BCUT2D eigenvalue weighted by Gasteiger charge is -2.26. The first-order chi connectivity index (χ1) is 13.2. The summed E-state index contributed by atoms with van der Waals surface area (Å²) in [6.45, 7) is 12.1. The molecule has 28 heavy (non-hydrogen) atoms. The minimum absolute atomic E-state index is 0.151. The fraction of sp³-hybridized carbons (Fsp3) is 0.308. The highest BCUT2D eigenvalue weighted by molar-refractivity contribution is 5.56. The van der Waals surface area contributed by atoms with Crippen molar-refractivity contribution >= 4 is 0 Å². The summed E-state index contributed by atoms with van der Waals surface area (Å²) < 4.78 is 0. The number of hydrogen-bond donors (Lipinski definition) is 2. The van der Waals surface area contributed by atoms with E-state index in [1.807, 2.05) is 33.8 Å². The first-order valence-electron chi connectivity index (χ1n) is 9.85. The second kappa shape index (κ2) is 7.71. The highest BCUT2D eigenvalue weighted by Crippen LogP contribution is 2.40. The van der Waals surface area contributed by atoms with Gasteiger partial charge in [-0.2, -0.15) is 0 Å². The first kappa shape index (κ1) is 20.0. The predicted octanol–water partition coefficient (Wildman–Crippen LogP) is 6.32. The van der Waals surface area contributed by atoms with E-state index in [1.165, 1.54) is 16.7 Å². The van der Waals surface area contributed by atoms with Crippen LogP contribution in [0.25, 0.3) is 0 Å². The van der Waals surface area contributed by atoms with Crippen LogP contribution in [0.5, 0.6) is 11.5 Å². The molecule has 0 radical (unpaired) electrons. The molecule has 3 aromatic carbocycles. The van der Waals surface area contributed by atoms with Crippen molar-refractivity contribution < 1.29 is 10.2 Å². The van der Waals surface area contributed by atoms with Gasteiger partial charge in [0.05, 0.1) is 0 Å². The Morgan fingerprint density at radius 3 is 1.50 bits per heavy atom. The van der Waals surface area contributed by atoms with Crippen molar-refractivity contribution in [2.75, 3.05) is 0 Å². The molecule has 0 spiro atoms. The average molecular weight is 375 g/mol. The maximum Gasteiger partial charge on any atom is 0.121 e. The lowest BCUT2D eigenvalue weighted by molar-refractivity contribution is 0.465. The van der Waals surface area contributed by atoms with Gasteiger partial charge in [0.2, 0.25) is 0 Å². The Morgan fingerprint density at radius 2 is 1.07 bits per heavy atom. The monoisotopic (exact) mass is 374 g/mol. The molecule has 0 unspecified atom stereocenters. The molecule has 0 amide bonds. The van der Waals surface area contributed by atoms with E-state index in [2.05, 4.69) is 50.2 Å². The van der Waals surface area contributed by atoms with Gasteiger partial charge in [0.15, 0.2) is 0 Å². The normalized spacial score (nSPS) is 11.2. The van der Waals surface area contributed by atoms with Crippen molar-refractivity contribution in [1.29, 1.82) is 0 Å². The van der Waals surface area contributed by atoms with Crippen LogP contribution in [-0.2, 0) is 6.42 Å². The Morgan fingerprint density at radius 1 is 0.643 bits per heavy atom. The maximum atomic E-state index is 10.4. The minimum Gasteiger partial charge on any atom is -0.507 e. The van der Waals surface area contributed by atoms with Gasteiger partial charge in [-0.25, -0.2) is 0 Å². The molecule has 3 aromatic rings. The molecular formula is C26H30O2. The summed E-state index contributed by atoms with van der Waals surface area (Å²) in [6, 6.07) is 14.8. The van der Waals surface area contributed by atoms with E-state index < -0.39 is 0 Å². The minimum atomic E-state index is 0.151. The molecule has 0 aliphatic carbocycles. The van der Waals surface area contributed by atoms with E-state index >= 15 is 0 Å². The second-order valence-corrected chi connectivity index (χ2v) is 8.00. The number of phenols is 2. The Kier molecular flexibility index (Phi) is 5.51. The van der Waals surface area contributed by atoms with Gasteiger partial charge in [-0.15, -0.1) is 0 Å². The summed E-state index contributed by atoms with van der Waals surface area (Å²) in [7, 11) is 0. The average Bonchev–Trinajstić information content (AvgIpc) is 2.69. The highest BCUT2D eigenvalue weighted by Gasteiger charge is 2.23. The molecule has 0 aliphatic rings. The molecule has 3 rings (SSSR count). The van der Waals surface area contributed by atoms with Gasteiger partial charge in [0, 0.05) is 5.92 Å². The van der Waals surface area contributed by atoms with Crippen LogP contribution in [0.1, 0.15) is 56.0 Å². The lowest BCUT2D eigenvalue weighted by Crippen LogP contribution is -2.11. The van der Waals surface area contributed by atoms with Gasteiger partial charge in [-0.1, -0.05) is 42.5 Å². The number of phenolic OH excluding ortho intramolecular Hbond substituents is 2. The van der Waals surface area contributed by atoms with Gasteiger partial charge in [-0.05, 0) is 98.0 Å². The fourth-order valence-corrected chi connectivity index (χ4v) is 4.16. The van der Waals surface area contributed by atoms with Crippen molar-refractivity contribution in [3.05, 3.63) is 92.5 Å². The van der Waals surface area contributed by atoms with Crippen LogP contribution in [0.15, 0.2) is 42.5 Å². The molecule has 0 aliphatic heterocycles. The van der Waals surface area contributed by atoms with E-state index in [-0.39, 0.29) is 5.92 Å². The summed E-state index contributed by atoms with van der Waals surface area (Å²) in [5.41, 5.74) is 9.71. The first-order valence-corrected chi connectivity index (χ1v) is 9.85. The molecular weight excluding hydrogens is 344 g/mol. The van der Waals surface area contributed by atoms with Crippen LogP contribution in [-0.4, -0.2) is 10.2 Å². The Bertz CT molecular complexity index is 953. The standard InChI is InChI=1S/C26H30O2/c1-15-12-22(17(3)19(5)25(15)27)24(14-21-10-8-7-9-11-21)23-13-16(2)26(28)20(6)18(23)4/h7-13,24,27-28H,14H2,1-6H3. The summed E-state index contributed by atoms with van der Waals surface area (Å²) in [5, 5.41) is 20.8. The largest absolute Gasteiger partial charge is 0.507 e. The van der Waals surface area contributed by atoms with E-state index in [0.717, 1.165) is 39.8 Å². The molecule has 0 heterocycles. The number of aryl methyl sites for hydroxylation is 2. The Labute approximate surface area is 168 Å². The van der Waals surface area contributed by atoms with Crippen molar-refractivity contribution in [3.8, 4) is 11.5 Å². The van der Waals surface area contributed by atoms with E-state index in [4.69, 9.17) is 0 Å². The van der Waals surface area contributed by atoms with Crippen molar-refractivity contribution in [3.63, 3.8) is 0 Å². The molecule has 146 valence electrons. The second-order valence-electron chi connectivity index (χ2n) is 8.00. The van der Waals surface area contributed by atoms with Gasteiger partial charge in [0.25, 0.3) is 0 Å². The topological polar surface area (TPSA) is 40.5 Å².